The lowest BCUT2D eigenvalue weighted by Crippen LogP contribution is -2.07. The van der Waals surface area contributed by atoms with E-state index in [1.807, 2.05) is 0 Å². The Balaban J connectivity index is 1.14. The summed E-state index contributed by atoms with van der Waals surface area (Å²) in [5, 5.41) is 51.2. The molecule has 7 aromatic carbocycles. The van der Waals surface area contributed by atoms with Crippen LogP contribution >= 0.6 is 0 Å². The fraction of sp³-hybridized carbons (Fsp3) is 0.667. The summed E-state index contributed by atoms with van der Waals surface area (Å²) in [6.45, 7) is 3.88. The van der Waals surface area contributed by atoms with Gasteiger partial charge in [-0.25, -0.2) is 0 Å². The molecule has 0 bridgehead atoms. The summed E-state index contributed by atoms with van der Waals surface area (Å²) in [5.41, 5.74) is 0. The first-order valence-corrected chi connectivity index (χ1v) is 33.4. The molecular formula is C72H108O8. The highest BCUT2D eigenvalue weighted by molar-refractivity contribution is 6.46. The fourth-order valence-electron chi connectivity index (χ4n) is 12.9. The van der Waals surface area contributed by atoms with Gasteiger partial charge in [-0.2, -0.15) is 0 Å². The summed E-state index contributed by atoms with van der Waals surface area (Å²) in [6, 6.07) is 18.5. The third kappa shape index (κ3) is 19.0. The second kappa shape index (κ2) is 37.9. The quantitative estimate of drug-likeness (QED) is 0.0169. The van der Waals surface area contributed by atoms with E-state index in [0.29, 0.717) is 52.9 Å². The first-order valence-electron chi connectivity index (χ1n) is 33.4. The minimum Gasteiger partial charge on any atom is -0.489 e. The van der Waals surface area contributed by atoms with Crippen molar-refractivity contribution in [1.82, 2.24) is 0 Å². The molecule has 0 aliphatic rings. The molecule has 444 valence electrons. The summed E-state index contributed by atoms with van der Waals surface area (Å²) in [6.07, 6.45) is 47.2. The molecular weight excluding hydrogens is 993 g/mol. The number of hydrogen-bond donors (Lipinski definition) is 4. The monoisotopic (exact) mass is 1100 g/mol. The lowest BCUT2D eigenvalue weighted by molar-refractivity contribution is 0.263. The van der Waals surface area contributed by atoms with E-state index in [9.17, 15) is 0 Å². The van der Waals surface area contributed by atoms with Crippen LogP contribution in [-0.2, 0) is 0 Å². The van der Waals surface area contributed by atoms with E-state index < -0.39 is 0 Å². The van der Waals surface area contributed by atoms with Crippen molar-refractivity contribution in [2.45, 2.75) is 257 Å². The molecule has 80 heavy (non-hydrogen) atoms. The number of aliphatic hydroxyl groups is 4. The summed E-state index contributed by atoms with van der Waals surface area (Å²) in [7, 11) is 0. The van der Waals surface area contributed by atoms with Crippen LogP contribution < -0.4 is 18.9 Å². The molecule has 7 rings (SSSR count). The molecule has 0 radical (unpaired) electrons. The van der Waals surface area contributed by atoms with Gasteiger partial charge in [-0.05, 0) is 97.2 Å². The van der Waals surface area contributed by atoms with Gasteiger partial charge < -0.3 is 39.4 Å². The molecule has 8 nitrogen and oxygen atoms in total. The Labute approximate surface area is 483 Å². The molecule has 0 aliphatic carbocycles. The molecule has 0 unspecified atom stereocenters. The zero-order valence-corrected chi connectivity index (χ0v) is 50.0. The van der Waals surface area contributed by atoms with Gasteiger partial charge in [0.1, 0.15) is 0 Å². The van der Waals surface area contributed by atoms with Gasteiger partial charge in [-0.15, -0.1) is 0 Å². The van der Waals surface area contributed by atoms with Crippen molar-refractivity contribution in [2.24, 2.45) is 0 Å². The minimum atomic E-state index is 0.313. The number of aliphatic hydroxyl groups excluding tert-OH is 4. The van der Waals surface area contributed by atoms with Gasteiger partial charge >= 0.3 is 0 Å². The van der Waals surface area contributed by atoms with Crippen molar-refractivity contribution in [1.29, 1.82) is 0 Å². The SMILES string of the molecule is OCCCCCCCCCCCCOc1c(OCCCCCCCCCCCCO)c2ccc3ccc4c(OCCCCCCCCCCCCO)c(OCCCCCCCCCCCCO)c5ccc6ccc1c1c6c5c4c3c21. The van der Waals surface area contributed by atoms with Crippen molar-refractivity contribution >= 4 is 64.6 Å². The van der Waals surface area contributed by atoms with Crippen LogP contribution in [0.2, 0.25) is 0 Å². The summed E-state index contributed by atoms with van der Waals surface area (Å²) >= 11 is 0. The van der Waals surface area contributed by atoms with Crippen LogP contribution in [0.25, 0.3) is 64.6 Å². The van der Waals surface area contributed by atoms with Crippen LogP contribution in [0.15, 0.2) is 48.5 Å². The second-order valence-corrected chi connectivity index (χ2v) is 23.9. The molecule has 0 spiro atoms. The number of hydrogen-bond acceptors (Lipinski definition) is 8. The standard InChI is InChI=1S/C72H108O8/c73-49-33-25-17-9-1-5-13-21-29-37-53-77-69-59-45-41-57-43-47-61-67-63(57)65(59)66-60(70(69)78-54-38-30-22-14-6-2-10-18-26-34-50-74)46-42-58-44-48-62(68(67)64(58)66)72(80-56-40-32-24-16-8-4-12-20-28-36-52-76)71(61)79-55-39-31-23-15-7-3-11-19-27-35-51-75/h41-48,73-76H,1-40,49-56H2. The highest BCUT2D eigenvalue weighted by Crippen LogP contribution is 2.57. The van der Waals surface area contributed by atoms with Crippen molar-refractivity contribution in [3.63, 3.8) is 0 Å². The largest absolute Gasteiger partial charge is 0.489 e. The van der Waals surface area contributed by atoms with Gasteiger partial charge in [-0.1, -0.05) is 230 Å². The molecule has 0 aromatic heterocycles. The molecule has 0 amide bonds. The molecule has 8 heteroatoms. The van der Waals surface area contributed by atoms with Crippen LogP contribution in [0.1, 0.15) is 257 Å². The van der Waals surface area contributed by atoms with E-state index in [1.54, 1.807) is 0 Å². The summed E-state index contributed by atoms with van der Waals surface area (Å²) in [5.74, 6) is 3.56. The maximum atomic E-state index is 9.13. The maximum absolute atomic E-state index is 9.13. The van der Waals surface area contributed by atoms with Gasteiger partial charge in [0.2, 0.25) is 0 Å². The number of ether oxygens (including phenoxy) is 4. The predicted octanol–water partition coefficient (Wildman–Crippen LogP) is 20.0. The first-order chi connectivity index (χ1) is 39.7. The number of benzene rings is 7. The van der Waals surface area contributed by atoms with E-state index in [0.717, 1.165) is 147 Å². The number of rotatable bonds is 52. The van der Waals surface area contributed by atoms with E-state index >= 15 is 0 Å². The van der Waals surface area contributed by atoms with Crippen LogP contribution in [0.5, 0.6) is 23.0 Å². The van der Waals surface area contributed by atoms with Gasteiger partial charge in [-0.3, -0.25) is 0 Å². The second-order valence-electron chi connectivity index (χ2n) is 23.9. The Bertz CT molecular complexity index is 2320. The van der Waals surface area contributed by atoms with Crippen molar-refractivity contribution in [3.05, 3.63) is 48.5 Å². The molecule has 7 aromatic rings. The number of unbranched alkanes of at least 4 members (excludes halogenated alkanes) is 36. The molecule has 0 heterocycles. The topological polar surface area (TPSA) is 118 Å². The minimum absolute atomic E-state index is 0.313. The lowest BCUT2D eigenvalue weighted by atomic mass is 9.82. The average Bonchev–Trinajstić information content (AvgIpc) is 3.53. The molecule has 0 saturated heterocycles. The summed E-state index contributed by atoms with van der Waals surface area (Å²) in [4.78, 5) is 0. The Hall–Kier alpha value is -4.08. The Morgan fingerprint density at radius 1 is 0.188 bits per heavy atom. The Morgan fingerprint density at radius 2 is 0.350 bits per heavy atom. The molecule has 4 N–H and O–H groups in total. The van der Waals surface area contributed by atoms with Crippen molar-refractivity contribution in [3.8, 4) is 23.0 Å². The highest BCUT2D eigenvalue weighted by Gasteiger charge is 2.29. The predicted molar refractivity (Wildman–Crippen MR) is 340 cm³/mol. The maximum Gasteiger partial charge on any atom is 0.169 e. The van der Waals surface area contributed by atoms with E-state index in [1.165, 1.54) is 197 Å². The Kier molecular flexibility index (Phi) is 30.1. The van der Waals surface area contributed by atoms with Crippen LogP contribution in [-0.4, -0.2) is 73.3 Å². The molecule has 0 aliphatic heterocycles. The third-order valence-corrected chi connectivity index (χ3v) is 17.5. The lowest BCUT2D eigenvalue weighted by Gasteiger charge is -2.26. The smallest absolute Gasteiger partial charge is 0.169 e. The van der Waals surface area contributed by atoms with Gasteiger partial charge in [0.15, 0.2) is 23.0 Å². The molecule has 0 fully saturated rings. The van der Waals surface area contributed by atoms with Crippen LogP contribution in [0.4, 0.5) is 0 Å². The van der Waals surface area contributed by atoms with Crippen molar-refractivity contribution < 1.29 is 39.4 Å². The highest BCUT2D eigenvalue weighted by atomic mass is 16.5. The molecule has 0 atom stereocenters. The van der Waals surface area contributed by atoms with Gasteiger partial charge in [0.05, 0.1) is 26.4 Å². The van der Waals surface area contributed by atoms with Crippen LogP contribution in [0.3, 0.4) is 0 Å². The fourth-order valence-corrected chi connectivity index (χ4v) is 12.9. The zero-order chi connectivity index (χ0) is 55.7. The van der Waals surface area contributed by atoms with Gasteiger partial charge in [0.25, 0.3) is 0 Å². The van der Waals surface area contributed by atoms with E-state index in [-0.39, 0.29) is 0 Å². The molecule has 0 saturated carbocycles. The van der Waals surface area contributed by atoms with Gasteiger partial charge in [0, 0.05) is 69.5 Å². The average molecular weight is 1100 g/mol. The zero-order valence-electron chi connectivity index (χ0n) is 50.0. The Morgan fingerprint density at radius 3 is 0.525 bits per heavy atom. The van der Waals surface area contributed by atoms with E-state index in [2.05, 4.69) is 48.5 Å². The first kappa shape index (κ1) is 63.5. The summed E-state index contributed by atoms with van der Waals surface area (Å²) < 4.78 is 28.4. The third-order valence-electron chi connectivity index (χ3n) is 17.5. The van der Waals surface area contributed by atoms with Crippen molar-refractivity contribution in [2.75, 3.05) is 52.9 Å². The normalized spacial score (nSPS) is 12.2. The van der Waals surface area contributed by atoms with Crippen LogP contribution in [0, 0.1) is 0 Å². The van der Waals surface area contributed by atoms with E-state index in [4.69, 9.17) is 39.4 Å².